The highest BCUT2D eigenvalue weighted by Crippen LogP contribution is 2.22. The van der Waals surface area contributed by atoms with Gasteiger partial charge >= 0.3 is 0 Å². The van der Waals surface area contributed by atoms with Crippen LogP contribution in [0.3, 0.4) is 0 Å². The zero-order valence-electron chi connectivity index (χ0n) is 14.5. The first-order chi connectivity index (χ1) is 10.5. The van der Waals surface area contributed by atoms with Crippen molar-refractivity contribution in [1.82, 2.24) is 0 Å². The number of rotatable bonds is 14. The van der Waals surface area contributed by atoms with Crippen molar-refractivity contribution in [2.24, 2.45) is 5.92 Å². The Morgan fingerprint density at radius 2 is 1.59 bits per heavy atom. The van der Waals surface area contributed by atoms with Gasteiger partial charge in [0, 0.05) is 39.7 Å². The maximum Gasteiger partial charge on any atom is 0.137 e. The van der Waals surface area contributed by atoms with Gasteiger partial charge in [0.2, 0.25) is 0 Å². The van der Waals surface area contributed by atoms with Crippen LogP contribution in [-0.2, 0) is 18.9 Å². The molecule has 0 N–H and O–H groups in total. The molecular formula is C14H32Cl2O4Si2. The minimum absolute atomic E-state index is 0.00104. The van der Waals surface area contributed by atoms with Gasteiger partial charge in [0.15, 0.2) is 0 Å². The molecule has 0 saturated carbocycles. The first-order valence-corrected chi connectivity index (χ1v) is 12.9. The Labute approximate surface area is 149 Å². The Hall–Kier alpha value is 0.854. The van der Waals surface area contributed by atoms with E-state index < -0.39 is 18.3 Å². The van der Waals surface area contributed by atoms with Crippen molar-refractivity contribution >= 4 is 41.5 Å². The molecule has 0 heterocycles. The van der Waals surface area contributed by atoms with Crippen LogP contribution in [0.1, 0.15) is 13.3 Å². The van der Waals surface area contributed by atoms with Crippen LogP contribution in [0.15, 0.2) is 0 Å². The van der Waals surface area contributed by atoms with Crippen molar-refractivity contribution in [3.8, 4) is 0 Å². The second kappa shape index (κ2) is 14.2. The van der Waals surface area contributed by atoms with E-state index >= 15 is 0 Å². The van der Waals surface area contributed by atoms with E-state index in [0.717, 1.165) is 24.6 Å². The highest BCUT2D eigenvalue weighted by molar-refractivity contribution is 6.61. The molecule has 0 saturated heterocycles. The molecule has 134 valence electrons. The molecule has 0 fully saturated rings. The summed E-state index contributed by atoms with van der Waals surface area (Å²) < 4.78 is 21.5. The van der Waals surface area contributed by atoms with Gasteiger partial charge in [0.1, 0.15) is 20.6 Å². The third-order valence-electron chi connectivity index (χ3n) is 3.86. The smallest absolute Gasteiger partial charge is 0.137 e. The second-order valence-corrected chi connectivity index (χ2v) is 11.6. The largest absolute Gasteiger partial charge is 0.360 e. The van der Waals surface area contributed by atoms with Gasteiger partial charge in [-0.3, -0.25) is 0 Å². The summed E-state index contributed by atoms with van der Waals surface area (Å²) in [6.07, 6.45) is 1.01. The quantitative estimate of drug-likeness (QED) is 0.259. The fourth-order valence-corrected chi connectivity index (χ4v) is 9.13. The van der Waals surface area contributed by atoms with Gasteiger partial charge < -0.3 is 18.9 Å². The molecule has 3 unspecified atom stereocenters. The van der Waals surface area contributed by atoms with Crippen molar-refractivity contribution in [1.29, 1.82) is 0 Å². The zero-order chi connectivity index (χ0) is 17.0. The number of hydrogen-bond donors (Lipinski definition) is 0. The molecule has 0 amide bonds. The van der Waals surface area contributed by atoms with Crippen molar-refractivity contribution in [2.75, 3.05) is 34.3 Å². The van der Waals surface area contributed by atoms with Gasteiger partial charge in [-0.1, -0.05) is 19.0 Å². The van der Waals surface area contributed by atoms with Gasteiger partial charge in [-0.15, -0.1) is 23.2 Å². The summed E-state index contributed by atoms with van der Waals surface area (Å²) in [6.45, 7) is 2.17. The fourth-order valence-electron chi connectivity index (χ4n) is 2.66. The van der Waals surface area contributed by atoms with Crippen LogP contribution in [0, 0.1) is 5.92 Å². The molecule has 3 atom stereocenters. The number of methoxy groups -OCH3 is 4. The molecule has 0 bridgehead atoms. The Balaban J connectivity index is 4.32. The van der Waals surface area contributed by atoms with Crippen LogP contribution in [0.25, 0.3) is 0 Å². The molecule has 0 radical (unpaired) electrons. The molecule has 0 aromatic heterocycles. The van der Waals surface area contributed by atoms with Crippen LogP contribution in [0.2, 0.25) is 18.1 Å². The molecule has 8 heteroatoms. The number of halogens is 2. The summed E-state index contributed by atoms with van der Waals surface area (Å²) >= 11 is 12.5. The average molecular weight is 391 g/mol. The molecule has 22 heavy (non-hydrogen) atoms. The summed E-state index contributed by atoms with van der Waals surface area (Å²) in [5, 5.41) is 0.175. The fraction of sp³-hybridized carbons (Fsp3) is 1.00. The normalized spacial score (nSPS) is 16.8. The molecule has 0 aromatic rings. The van der Waals surface area contributed by atoms with Gasteiger partial charge in [-0.05, 0) is 18.4 Å². The maximum absolute atomic E-state index is 6.56. The Morgan fingerprint density at radius 3 is 2.05 bits per heavy atom. The lowest BCUT2D eigenvalue weighted by molar-refractivity contribution is -0.0478. The molecule has 0 aliphatic rings. The molecule has 0 aromatic carbocycles. The van der Waals surface area contributed by atoms with Gasteiger partial charge in [-0.25, -0.2) is 0 Å². The SMILES string of the molecule is COC(OC)[SiH2]CCC(Cl)C[SiH](CC(C)CCl)C(OC)OC. The Morgan fingerprint density at radius 1 is 1.00 bits per heavy atom. The topological polar surface area (TPSA) is 36.9 Å². The number of alkyl halides is 2. The lowest BCUT2D eigenvalue weighted by atomic mass is 10.3. The average Bonchev–Trinajstić information content (AvgIpc) is 2.52. The van der Waals surface area contributed by atoms with E-state index in [4.69, 9.17) is 42.1 Å². The van der Waals surface area contributed by atoms with E-state index in [0.29, 0.717) is 11.8 Å². The monoisotopic (exact) mass is 390 g/mol. The summed E-state index contributed by atoms with van der Waals surface area (Å²) in [7, 11) is 5.12. The molecule has 0 aliphatic carbocycles. The van der Waals surface area contributed by atoms with Crippen LogP contribution in [0.4, 0.5) is 0 Å². The lowest BCUT2D eigenvalue weighted by Gasteiger charge is -2.27. The molecule has 4 nitrogen and oxygen atoms in total. The zero-order valence-corrected chi connectivity index (χ0v) is 18.6. The summed E-state index contributed by atoms with van der Waals surface area (Å²) in [4.78, 5) is 0. The second-order valence-electron chi connectivity index (χ2n) is 5.76. The predicted molar refractivity (Wildman–Crippen MR) is 99.9 cm³/mol. The first-order valence-electron chi connectivity index (χ1n) is 7.83. The Kier molecular flexibility index (Phi) is 14.8. The van der Waals surface area contributed by atoms with Crippen LogP contribution < -0.4 is 0 Å². The van der Waals surface area contributed by atoms with Gasteiger partial charge in [-0.2, -0.15) is 0 Å². The number of ether oxygens (including phenoxy) is 4. The first kappa shape index (κ1) is 22.9. The van der Waals surface area contributed by atoms with E-state index in [1.807, 2.05) is 0 Å². The van der Waals surface area contributed by atoms with Crippen molar-refractivity contribution < 1.29 is 18.9 Å². The highest BCUT2D eigenvalue weighted by Gasteiger charge is 2.27. The van der Waals surface area contributed by atoms with Crippen LogP contribution in [-0.4, -0.2) is 69.8 Å². The van der Waals surface area contributed by atoms with E-state index in [2.05, 4.69) is 6.92 Å². The van der Waals surface area contributed by atoms with Gasteiger partial charge in [0.25, 0.3) is 0 Å². The summed E-state index contributed by atoms with van der Waals surface area (Å²) in [5.74, 6) is 1.07. The third-order valence-corrected chi connectivity index (χ3v) is 10.9. The summed E-state index contributed by atoms with van der Waals surface area (Å²) in [5.41, 5.74) is 0. The van der Waals surface area contributed by atoms with Crippen LogP contribution in [0.5, 0.6) is 0 Å². The van der Waals surface area contributed by atoms with E-state index in [1.165, 1.54) is 0 Å². The minimum atomic E-state index is -1.27. The van der Waals surface area contributed by atoms with Crippen molar-refractivity contribution in [3.05, 3.63) is 0 Å². The van der Waals surface area contributed by atoms with Crippen LogP contribution >= 0.6 is 23.2 Å². The molecule has 0 spiro atoms. The standard InChI is InChI=1S/C14H32Cl2O4Si2/c1-11(8-15)9-22(14(19-4)20-5)10-12(16)6-7-21-13(17-2)18-3/h11-14,22H,6-10,21H2,1-5H3. The van der Waals surface area contributed by atoms with E-state index in [-0.39, 0.29) is 17.2 Å². The molecular weight excluding hydrogens is 359 g/mol. The highest BCUT2D eigenvalue weighted by atomic mass is 35.5. The minimum Gasteiger partial charge on any atom is -0.360 e. The molecule has 0 rings (SSSR count). The van der Waals surface area contributed by atoms with E-state index in [1.54, 1.807) is 28.4 Å². The maximum atomic E-state index is 6.56. The Bertz CT molecular complexity index is 257. The van der Waals surface area contributed by atoms with E-state index in [9.17, 15) is 0 Å². The lowest BCUT2D eigenvalue weighted by Crippen LogP contribution is -2.37. The third kappa shape index (κ3) is 9.87. The number of hydrogen-bond acceptors (Lipinski definition) is 4. The summed E-state index contributed by atoms with van der Waals surface area (Å²) in [6, 6.07) is 3.22. The predicted octanol–water partition coefficient (Wildman–Crippen LogP) is 2.41. The van der Waals surface area contributed by atoms with Crippen molar-refractivity contribution in [2.45, 2.75) is 48.7 Å². The van der Waals surface area contributed by atoms with Crippen molar-refractivity contribution in [3.63, 3.8) is 0 Å². The van der Waals surface area contributed by atoms with Gasteiger partial charge in [0.05, 0.1) is 9.52 Å². The molecule has 0 aliphatic heterocycles.